The van der Waals surface area contributed by atoms with E-state index in [1.165, 1.54) is 30.3 Å². The summed E-state index contributed by atoms with van der Waals surface area (Å²) in [5, 5.41) is 9.19. The normalized spacial score (nSPS) is 14.9. The van der Waals surface area contributed by atoms with E-state index in [-0.39, 0.29) is 11.6 Å². The molecule has 1 aliphatic rings. The number of carbonyl (C=O) groups is 2. The highest BCUT2D eigenvalue weighted by Gasteiger charge is 2.39. The number of aromatic nitrogens is 2. The van der Waals surface area contributed by atoms with Crippen molar-refractivity contribution < 1.29 is 19.1 Å². The lowest BCUT2D eigenvalue weighted by Gasteiger charge is -2.26. The standard InChI is InChI=1S/C17H16FN3O3/c1-10(17(23)24)21(13-3-4-13)16(22)14-5-2-11(6-15(14)18)12-7-19-9-20-8-12/h2,5-10,13H,3-4H2,1H3,(H,23,24). The lowest BCUT2D eigenvalue weighted by atomic mass is 10.0. The molecule has 3 rings (SSSR count). The van der Waals surface area contributed by atoms with E-state index >= 15 is 0 Å². The first kappa shape index (κ1) is 16.0. The van der Waals surface area contributed by atoms with Gasteiger partial charge in [0, 0.05) is 24.0 Å². The van der Waals surface area contributed by atoms with E-state index in [0.717, 1.165) is 12.8 Å². The minimum Gasteiger partial charge on any atom is -0.480 e. The highest BCUT2D eigenvalue weighted by Crippen LogP contribution is 2.31. The van der Waals surface area contributed by atoms with E-state index in [0.29, 0.717) is 11.1 Å². The first-order valence-corrected chi connectivity index (χ1v) is 7.59. The smallest absolute Gasteiger partial charge is 0.326 e. The molecule has 1 fully saturated rings. The van der Waals surface area contributed by atoms with Gasteiger partial charge in [-0.2, -0.15) is 0 Å². The van der Waals surface area contributed by atoms with Crippen LogP contribution in [0.15, 0.2) is 36.9 Å². The Morgan fingerprint density at radius 2 is 1.92 bits per heavy atom. The van der Waals surface area contributed by atoms with Crippen LogP contribution in [0.25, 0.3) is 11.1 Å². The van der Waals surface area contributed by atoms with Gasteiger partial charge >= 0.3 is 5.97 Å². The Kier molecular flexibility index (Phi) is 4.24. The number of halogens is 1. The number of carboxylic acids is 1. The maximum Gasteiger partial charge on any atom is 0.326 e. The van der Waals surface area contributed by atoms with Crippen molar-refractivity contribution in [3.63, 3.8) is 0 Å². The summed E-state index contributed by atoms with van der Waals surface area (Å²) < 4.78 is 14.5. The van der Waals surface area contributed by atoms with Crippen LogP contribution in [0.2, 0.25) is 0 Å². The molecule has 0 radical (unpaired) electrons. The van der Waals surface area contributed by atoms with E-state index in [1.807, 2.05) is 0 Å². The van der Waals surface area contributed by atoms with Crippen molar-refractivity contribution >= 4 is 11.9 Å². The number of hydrogen-bond acceptors (Lipinski definition) is 4. The topological polar surface area (TPSA) is 83.4 Å². The van der Waals surface area contributed by atoms with E-state index < -0.39 is 23.7 Å². The van der Waals surface area contributed by atoms with Gasteiger partial charge in [-0.1, -0.05) is 6.07 Å². The number of aliphatic carboxylic acids is 1. The molecule has 1 amide bonds. The van der Waals surface area contributed by atoms with E-state index in [2.05, 4.69) is 9.97 Å². The first-order valence-electron chi connectivity index (χ1n) is 7.59. The Hall–Kier alpha value is -2.83. The Morgan fingerprint density at radius 3 is 2.46 bits per heavy atom. The average Bonchev–Trinajstić information content (AvgIpc) is 3.40. The van der Waals surface area contributed by atoms with Crippen LogP contribution in [0.3, 0.4) is 0 Å². The number of nitrogens with zero attached hydrogens (tertiary/aromatic N) is 3. The van der Waals surface area contributed by atoms with Gasteiger partial charge in [0.1, 0.15) is 18.2 Å². The molecule has 1 aliphatic carbocycles. The molecule has 1 atom stereocenters. The fourth-order valence-electron chi connectivity index (χ4n) is 2.58. The van der Waals surface area contributed by atoms with Crippen molar-refractivity contribution in [1.29, 1.82) is 0 Å². The number of amides is 1. The zero-order chi connectivity index (χ0) is 17.3. The second-order valence-corrected chi connectivity index (χ2v) is 5.78. The van der Waals surface area contributed by atoms with Crippen LogP contribution >= 0.6 is 0 Å². The lowest BCUT2D eigenvalue weighted by Crippen LogP contribution is -2.45. The van der Waals surface area contributed by atoms with Gasteiger partial charge in [-0.05, 0) is 37.5 Å². The Balaban J connectivity index is 1.91. The predicted molar refractivity (Wildman–Crippen MR) is 83.7 cm³/mol. The fourth-order valence-corrected chi connectivity index (χ4v) is 2.58. The van der Waals surface area contributed by atoms with Crippen molar-refractivity contribution in [1.82, 2.24) is 14.9 Å². The summed E-state index contributed by atoms with van der Waals surface area (Å²) in [6, 6.07) is 3.09. The molecule has 1 heterocycles. The molecule has 0 saturated heterocycles. The molecule has 1 unspecified atom stereocenters. The van der Waals surface area contributed by atoms with Gasteiger partial charge in [0.05, 0.1) is 5.56 Å². The molecular weight excluding hydrogens is 313 g/mol. The van der Waals surface area contributed by atoms with Crippen molar-refractivity contribution in [2.75, 3.05) is 0 Å². The molecule has 0 spiro atoms. The molecule has 1 aromatic heterocycles. The van der Waals surface area contributed by atoms with Crippen LogP contribution in [0.4, 0.5) is 4.39 Å². The fraction of sp³-hybridized carbons (Fsp3) is 0.294. The number of benzene rings is 1. The summed E-state index contributed by atoms with van der Waals surface area (Å²) >= 11 is 0. The quantitative estimate of drug-likeness (QED) is 0.910. The van der Waals surface area contributed by atoms with Crippen LogP contribution in [-0.4, -0.2) is 43.9 Å². The minimum atomic E-state index is -1.10. The van der Waals surface area contributed by atoms with E-state index in [4.69, 9.17) is 0 Å². The average molecular weight is 329 g/mol. The Morgan fingerprint density at radius 1 is 1.25 bits per heavy atom. The highest BCUT2D eigenvalue weighted by molar-refractivity contribution is 5.97. The number of rotatable bonds is 5. The van der Waals surface area contributed by atoms with Crippen molar-refractivity contribution in [3.8, 4) is 11.1 Å². The van der Waals surface area contributed by atoms with Crippen LogP contribution in [0.5, 0.6) is 0 Å². The van der Waals surface area contributed by atoms with E-state index in [1.54, 1.807) is 18.5 Å². The van der Waals surface area contributed by atoms with Crippen LogP contribution in [0, 0.1) is 5.82 Å². The van der Waals surface area contributed by atoms with Crippen LogP contribution < -0.4 is 0 Å². The predicted octanol–water partition coefficient (Wildman–Crippen LogP) is 2.36. The molecule has 1 saturated carbocycles. The second kappa shape index (κ2) is 6.35. The van der Waals surface area contributed by atoms with Crippen molar-refractivity contribution in [2.45, 2.75) is 31.8 Å². The number of carbonyl (C=O) groups excluding carboxylic acids is 1. The van der Waals surface area contributed by atoms with Gasteiger partial charge in [0.25, 0.3) is 5.91 Å². The SMILES string of the molecule is CC(C(=O)O)N(C(=O)c1ccc(-c2cncnc2)cc1F)C1CC1. The third-order valence-corrected chi connectivity index (χ3v) is 4.04. The molecule has 0 bridgehead atoms. The summed E-state index contributed by atoms with van der Waals surface area (Å²) in [6.07, 6.45) is 5.95. The molecule has 1 N–H and O–H groups in total. The zero-order valence-corrected chi connectivity index (χ0v) is 13.0. The van der Waals surface area contributed by atoms with Gasteiger partial charge in [0.15, 0.2) is 0 Å². The molecule has 7 heteroatoms. The summed E-state index contributed by atoms with van der Waals surface area (Å²) in [4.78, 5) is 32.9. The van der Waals surface area contributed by atoms with Gasteiger partial charge in [-0.3, -0.25) is 4.79 Å². The molecule has 124 valence electrons. The maximum atomic E-state index is 14.5. The molecular formula is C17H16FN3O3. The zero-order valence-electron chi connectivity index (χ0n) is 13.0. The second-order valence-electron chi connectivity index (χ2n) is 5.78. The van der Waals surface area contributed by atoms with Gasteiger partial charge in [-0.25, -0.2) is 19.2 Å². The first-order chi connectivity index (χ1) is 11.5. The molecule has 24 heavy (non-hydrogen) atoms. The Bertz CT molecular complexity index is 778. The summed E-state index contributed by atoms with van der Waals surface area (Å²) in [5.74, 6) is -2.39. The molecule has 1 aromatic carbocycles. The van der Waals surface area contributed by atoms with Crippen LogP contribution in [-0.2, 0) is 4.79 Å². The monoisotopic (exact) mass is 329 g/mol. The van der Waals surface area contributed by atoms with Crippen LogP contribution in [0.1, 0.15) is 30.1 Å². The number of carboxylic acid groups (broad SMARTS) is 1. The van der Waals surface area contributed by atoms with Crippen molar-refractivity contribution in [3.05, 3.63) is 48.3 Å². The van der Waals surface area contributed by atoms with Gasteiger partial charge in [0.2, 0.25) is 0 Å². The largest absolute Gasteiger partial charge is 0.480 e. The maximum absolute atomic E-state index is 14.5. The highest BCUT2D eigenvalue weighted by atomic mass is 19.1. The van der Waals surface area contributed by atoms with Crippen molar-refractivity contribution in [2.24, 2.45) is 0 Å². The van der Waals surface area contributed by atoms with E-state index in [9.17, 15) is 19.1 Å². The summed E-state index contributed by atoms with van der Waals surface area (Å²) in [7, 11) is 0. The summed E-state index contributed by atoms with van der Waals surface area (Å²) in [5.41, 5.74) is 1.05. The third kappa shape index (κ3) is 3.10. The summed E-state index contributed by atoms with van der Waals surface area (Å²) in [6.45, 7) is 1.44. The molecule has 2 aromatic rings. The van der Waals surface area contributed by atoms with Gasteiger partial charge < -0.3 is 10.0 Å². The third-order valence-electron chi connectivity index (χ3n) is 4.04. The lowest BCUT2D eigenvalue weighted by molar-refractivity contribution is -0.141. The molecule has 0 aliphatic heterocycles. The number of hydrogen-bond donors (Lipinski definition) is 1. The Labute approximate surface area is 138 Å². The van der Waals surface area contributed by atoms with Gasteiger partial charge in [-0.15, -0.1) is 0 Å². The minimum absolute atomic E-state index is 0.129. The molecule has 6 nitrogen and oxygen atoms in total.